The maximum Gasteiger partial charge on any atom is 0.335 e. The van der Waals surface area contributed by atoms with Crippen LogP contribution in [0.2, 0.25) is 0 Å². The number of imidazole rings is 1. The first-order chi connectivity index (χ1) is 9.13. The maximum absolute atomic E-state index is 10.8. The van der Waals surface area contributed by atoms with Crippen LogP contribution in [0.1, 0.15) is 15.9 Å². The molecule has 2 N–H and O–H groups in total. The van der Waals surface area contributed by atoms with Crippen molar-refractivity contribution in [1.29, 1.82) is 0 Å². The molecule has 0 saturated heterocycles. The van der Waals surface area contributed by atoms with Crippen LogP contribution in [0.25, 0.3) is 22.4 Å². The molecule has 2 aromatic carbocycles. The molecule has 1 aromatic heterocycles. The Kier molecular flexibility index (Phi) is 2.56. The number of carboxylic acids is 1. The predicted octanol–water partition coefficient (Wildman–Crippen LogP) is 3.24. The zero-order chi connectivity index (χ0) is 13.4. The number of fused-ring (bicyclic) bond motifs is 1. The Balaban J connectivity index is 2.06. The van der Waals surface area contributed by atoms with Crippen LogP contribution in [0, 0.1) is 6.92 Å². The minimum absolute atomic E-state index is 0.274. The summed E-state index contributed by atoms with van der Waals surface area (Å²) >= 11 is 0. The summed E-state index contributed by atoms with van der Waals surface area (Å²) in [5.41, 5.74) is 4.20. The Morgan fingerprint density at radius 2 is 1.89 bits per heavy atom. The van der Waals surface area contributed by atoms with Crippen molar-refractivity contribution in [3.05, 3.63) is 53.6 Å². The zero-order valence-electron chi connectivity index (χ0n) is 10.3. The molecule has 1 heterocycles. The van der Waals surface area contributed by atoms with E-state index in [1.54, 1.807) is 24.3 Å². The Hall–Kier alpha value is -2.62. The standard InChI is InChI=1S/C15H12N2O2/c1-9-2-7-12-13(8-9)17-14(16-12)10-3-5-11(6-4-10)15(18)19/h2-8H,1H3,(H,16,17)(H,18,19). The SMILES string of the molecule is Cc1ccc2[nH]c(-c3ccc(C(=O)O)cc3)nc2c1. The Bertz CT molecular complexity index is 757. The lowest BCUT2D eigenvalue weighted by atomic mass is 10.1. The number of aromatic carboxylic acids is 1. The number of carbonyl (C=O) groups is 1. The highest BCUT2D eigenvalue weighted by Gasteiger charge is 2.07. The van der Waals surface area contributed by atoms with Crippen LogP contribution < -0.4 is 0 Å². The van der Waals surface area contributed by atoms with E-state index < -0.39 is 5.97 Å². The molecule has 0 amide bonds. The van der Waals surface area contributed by atoms with Gasteiger partial charge in [0.25, 0.3) is 0 Å². The summed E-state index contributed by atoms with van der Waals surface area (Å²) in [5.74, 6) is -0.177. The molecule has 0 bridgehead atoms. The summed E-state index contributed by atoms with van der Waals surface area (Å²) in [7, 11) is 0. The van der Waals surface area contributed by atoms with Crippen LogP contribution in [-0.4, -0.2) is 21.0 Å². The second kappa shape index (κ2) is 4.24. The molecule has 94 valence electrons. The molecule has 4 heteroatoms. The van der Waals surface area contributed by atoms with Gasteiger partial charge in [0.2, 0.25) is 0 Å². The van der Waals surface area contributed by atoms with Crippen LogP contribution in [-0.2, 0) is 0 Å². The van der Waals surface area contributed by atoms with Gasteiger partial charge < -0.3 is 10.1 Å². The fourth-order valence-electron chi connectivity index (χ4n) is 2.02. The van der Waals surface area contributed by atoms with Crippen molar-refractivity contribution in [2.45, 2.75) is 6.92 Å². The van der Waals surface area contributed by atoms with E-state index in [2.05, 4.69) is 9.97 Å². The number of nitrogens with one attached hydrogen (secondary N) is 1. The number of benzene rings is 2. The van der Waals surface area contributed by atoms with Gasteiger partial charge in [-0.25, -0.2) is 9.78 Å². The fourth-order valence-corrected chi connectivity index (χ4v) is 2.02. The van der Waals surface area contributed by atoms with Crippen LogP contribution in [0.5, 0.6) is 0 Å². The summed E-state index contributed by atoms with van der Waals surface area (Å²) in [6, 6.07) is 12.7. The number of carboxylic acid groups (broad SMARTS) is 1. The number of hydrogen-bond donors (Lipinski definition) is 2. The van der Waals surface area contributed by atoms with Crippen LogP contribution in [0.3, 0.4) is 0 Å². The number of H-pyrrole nitrogens is 1. The highest BCUT2D eigenvalue weighted by Crippen LogP contribution is 2.21. The monoisotopic (exact) mass is 252 g/mol. The number of aromatic nitrogens is 2. The molecule has 0 radical (unpaired) electrons. The Labute approximate surface area is 109 Å². The zero-order valence-corrected chi connectivity index (χ0v) is 10.3. The molecule has 0 aliphatic carbocycles. The molecule has 0 spiro atoms. The second-order valence-electron chi connectivity index (χ2n) is 4.49. The molecule has 0 saturated carbocycles. The van der Waals surface area contributed by atoms with E-state index in [-0.39, 0.29) is 5.56 Å². The number of rotatable bonds is 2. The predicted molar refractivity (Wildman–Crippen MR) is 73.2 cm³/mol. The molecular weight excluding hydrogens is 240 g/mol. The minimum Gasteiger partial charge on any atom is -0.478 e. The van der Waals surface area contributed by atoms with E-state index in [1.807, 2.05) is 25.1 Å². The van der Waals surface area contributed by atoms with E-state index in [0.29, 0.717) is 0 Å². The van der Waals surface area contributed by atoms with Crippen molar-refractivity contribution in [1.82, 2.24) is 9.97 Å². The van der Waals surface area contributed by atoms with E-state index in [1.165, 1.54) is 0 Å². The summed E-state index contributed by atoms with van der Waals surface area (Å²) < 4.78 is 0. The van der Waals surface area contributed by atoms with Crippen molar-refractivity contribution in [2.75, 3.05) is 0 Å². The second-order valence-corrected chi connectivity index (χ2v) is 4.49. The first-order valence-corrected chi connectivity index (χ1v) is 5.93. The van der Waals surface area contributed by atoms with Gasteiger partial charge in [-0.05, 0) is 36.8 Å². The molecule has 4 nitrogen and oxygen atoms in total. The van der Waals surface area contributed by atoms with Crippen molar-refractivity contribution < 1.29 is 9.90 Å². The van der Waals surface area contributed by atoms with Crippen molar-refractivity contribution >= 4 is 17.0 Å². The van der Waals surface area contributed by atoms with Crippen LogP contribution in [0.15, 0.2) is 42.5 Å². The van der Waals surface area contributed by atoms with Gasteiger partial charge >= 0.3 is 5.97 Å². The first kappa shape index (κ1) is 11.5. The summed E-state index contributed by atoms with van der Waals surface area (Å²) in [4.78, 5) is 18.5. The van der Waals surface area contributed by atoms with Crippen molar-refractivity contribution in [3.63, 3.8) is 0 Å². The third-order valence-electron chi connectivity index (χ3n) is 3.04. The summed E-state index contributed by atoms with van der Waals surface area (Å²) in [5, 5.41) is 8.87. The summed E-state index contributed by atoms with van der Waals surface area (Å²) in [6.45, 7) is 2.02. The Morgan fingerprint density at radius 1 is 1.16 bits per heavy atom. The lowest BCUT2D eigenvalue weighted by Gasteiger charge is -1.97. The largest absolute Gasteiger partial charge is 0.478 e. The van der Waals surface area contributed by atoms with Gasteiger partial charge in [0, 0.05) is 5.56 Å². The number of aryl methyl sites for hydroxylation is 1. The molecule has 3 aromatic rings. The van der Waals surface area contributed by atoms with Crippen molar-refractivity contribution in [2.24, 2.45) is 0 Å². The average molecular weight is 252 g/mol. The molecule has 0 aliphatic heterocycles. The molecule has 3 rings (SSSR count). The molecular formula is C15H12N2O2. The topological polar surface area (TPSA) is 66.0 Å². The Morgan fingerprint density at radius 3 is 2.58 bits per heavy atom. The third-order valence-corrected chi connectivity index (χ3v) is 3.04. The minimum atomic E-state index is -0.924. The molecule has 19 heavy (non-hydrogen) atoms. The highest BCUT2D eigenvalue weighted by molar-refractivity contribution is 5.88. The van der Waals surface area contributed by atoms with Crippen molar-refractivity contribution in [3.8, 4) is 11.4 Å². The normalized spacial score (nSPS) is 10.8. The average Bonchev–Trinajstić information content (AvgIpc) is 2.81. The van der Waals surface area contributed by atoms with Gasteiger partial charge in [-0.2, -0.15) is 0 Å². The highest BCUT2D eigenvalue weighted by atomic mass is 16.4. The summed E-state index contributed by atoms with van der Waals surface area (Å²) in [6.07, 6.45) is 0. The first-order valence-electron chi connectivity index (χ1n) is 5.93. The quantitative estimate of drug-likeness (QED) is 0.735. The van der Waals surface area contributed by atoms with E-state index in [9.17, 15) is 4.79 Å². The molecule has 0 unspecified atom stereocenters. The smallest absolute Gasteiger partial charge is 0.335 e. The lowest BCUT2D eigenvalue weighted by Crippen LogP contribution is -1.95. The molecule has 0 fully saturated rings. The van der Waals surface area contributed by atoms with Gasteiger partial charge in [0.1, 0.15) is 5.82 Å². The van der Waals surface area contributed by atoms with E-state index >= 15 is 0 Å². The van der Waals surface area contributed by atoms with E-state index in [0.717, 1.165) is 28.0 Å². The fraction of sp³-hybridized carbons (Fsp3) is 0.0667. The number of nitrogens with zero attached hydrogens (tertiary/aromatic N) is 1. The number of aromatic amines is 1. The van der Waals surface area contributed by atoms with Gasteiger partial charge in [-0.1, -0.05) is 18.2 Å². The van der Waals surface area contributed by atoms with Gasteiger partial charge in [-0.15, -0.1) is 0 Å². The van der Waals surface area contributed by atoms with Crippen LogP contribution in [0.4, 0.5) is 0 Å². The maximum atomic E-state index is 10.8. The van der Waals surface area contributed by atoms with Crippen LogP contribution >= 0.6 is 0 Å². The third kappa shape index (κ3) is 2.08. The van der Waals surface area contributed by atoms with Gasteiger partial charge in [0.05, 0.1) is 16.6 Å². The van der Waals surface area contributed by atoms with Gasteiger partial charge in [-0.3, -0.25) is 0 Å². The number of hydrogen-bond acceptors (Lipinski definition) is 2. The lowest BCUT2D eigenvalue weighted by molar-refractivity contribution is 0.0697. The molecule has 0 atom stereocenters. The molecule has 0 aliphatic rings. The van der Waals surface area contributed by atoms with Gasteiger partial charge in [0.15, 0.2) is 0 Å². The van der Waals surface area contributed by atoms with E-state index in [4.69, 9.17) is 5.11 Å².